The van der Waals surface area contributed by atoms with E-state index in [1.165, 1.54) is 0 Å². The third-order valence-electron chi connectivity index (χ3n) is 4.19. The first-order valence-corrected chi connectivity index (χ1v) is 7.38. The van der Waals surface area contributed by atoms with Gasteiger partial charge in [0, 0.05) is 18.8 Å². The molecule has 1 aromatic heterocycles. The van der Waals surface area contributed by atoms with Crippen molar-refractivity contribution in [2.24, 2.45) is 5.41 Å². The number of carboxylic acid groups (broad SMARTS) is 1. The average Bonchev–Trinajstić information content (AvgIpc) is 2.47. The molecule has 112 valence electrons. The lowest BCUT2D eigenvalue weighted by Crippen LogP contribution is -2.48. The fraction of sp³-hybridized carbons (Fsp3) is 0.562. The molecular formula is C16H21N3O2. The van der Waals surface area contributed by atoms with Crippen molar-refractivity contribution in [2.75, 3.05) is 18.0 Å². The molecule has 1 aromatic rings. The molecule has 0 aromatic carbocycles. The minimum absolute atomic E-state index is 0.432. The normalized spacial score (nSPS) is 21.9. The molecular weight excluding hydrogens is 266 g/mol. The molecule has 0 bridgehead atoms. The summed E-state index contributed by atoms with van der Waals surface area (Å²) in [6.45, 7) is 5.07. The molecule has 1 aliphatic rings. The Hall–Kier alpha value is -2.09. The predicted molar refractivity (Wildman–Crippen MR) is 80.1 cm³/mol. The molecule has 1 fully saturated rings. The number of pyridine rings is 1. The highest BCUT2D eigenvalue weighted by atomic mass is 16.4. The van der Waals surface area contributed by atoms with Gasteiger partial charge in [0.25, 0.3) is 0 Å². The second-order valence-corrected chi connectivity index (χ2v) is 5.80. The maximum Gasteiger partial charge on any atom is 0.311 e. The Morgan fingerprint density at radius 3 is 2.95 bits per heavy atom. The summed E-state index contributed by atoms with van der Waals surface area (Å²) in [5.41, 5.74) is 0.634. The van der Waals surface area contributed by atoms with Crippen LogP contribution in [0.4, 0.5) is 5.82 Å². The summed E-state index contributed by atoms with van der Waals surface area (Å²) in [5, 5.41) is 18.9. The topological polar surface area (TPSA) is 77.2 Å². The fourth-order valence-electron chi connectivity index (χ4n) is 3.15. The summed E-state index contributed by atoms with van der Waals surface area (Å²) in [4.78, 5) is 18.2. The second-order valence-electron chi connectivity index (χ2n) is 5.80. The lowest BCUT2D eigenvalue weighted by Gasteiger charge is -2.40. The number of nitriles is 1. The van der Waals surface area contributed by atoms with E-state index in [9.17, 15) is 15.2 Å². The molecule has 0 aliphatic carbocycles. The van der Waals surface area contributed by atoms with Crippen molar-refractivity contribution in [1.29, 1.82) is 5.26 Å². The molecule has 1 aliphatic heterocycles. The van der Waals surface area contributed by atoms with Crippen LogP contribution in [0.1, 0.15) is 43.9 Å². The highest BCUT2D eigenvalue weighted by Gasteiger charge is 2.42. The monoisotopic (exact) mass is 287 g/mol. The molecule has 21 heavy (non-hydrogen) atoms. The highest BCUT2D eigenvalue weighted by Crippen LogP contribution is 2.37. The van der Waals surface area contributed by atoms with E-state index in [0.29, 0.717) is 30.8 Å². The minimum atomic E-state index is -0.736. The van der Waals surface area contributed by atoms with Crippen molar-refractivity contribution in [1.82, 2.24) is 4.98 Å². The Morgan fingerprint density at radius 1 is 1.57 bits per heavy atom. The van der Waals surface area contributed by atoms with Crippen LogP contribution in [0.25, 0.3) is 0 Å². The molecule has 0 amide bonds. The lowest BCUT2D eigenvalue weighted by atomic mass is 9.76. The summed E-state index contributed by atoms with van der Waals surface area (Å²) in [6, 6.07) is 5.72. The van der Waals surface area contributed by atoms with Crippen molar-refractivity contribution in [3.05, 3.63) is 23.4 Å². The summed E-state index contributed by atoms with van der Waals surface area (Å²) in [5.74, 6) is -0.112. The number of hydrogen-bond acceptors (Lipinski definition) is 4. The number of rotatable bonds is 4. The lowest BCUT2D eigenvalue weighted by molar-refractivity contribution is -0.150. The Balaban J connectivity index is 2.35. The van der Waals surface area contributed by atoms with Gasteiger partial charge in [-0.1, -0.05) is 13.3 Å². The number of aromatic nitrogens is 1. The van der Waals surface area contributed by atoms with E-state index in [0.717, 1.165) is 25.1 Å². The minimum Gasteiger partial charge on any atom is -0.481 e. The third-order valence-corrected chi connectivity index (χ3v) is 4.19. The predicted octanol–water partition coefficient (Wildman–Crippen LogP) is 2.73. The molecule has 2 rings (SSSR count). The Labute approximate surface area is 125 Å². The Bertz CT molecular complexity index is 575. The first-order valence-electron chi connectivity index (χ1n) is 7.38. The molecule has 5 nitrogen and oxygen atoms in total. The number of carbonyl (C=O) groups is 1. The summed E-state index contributed by atoms with van der Waals surface area (Å²) in [6.07, 6.45) is 3.01. The van der Waals surface area contributed by atoms with E-state index in [-0.39, 0.29) is 0 Å². The fourth-order valence-corrected chi connectivity index (χ4v) is 3.15. The van der Waals surface area contributed by atoms with Gasteiger partial charge in [0.05, 0.1) is 11.0 Å². The van der Waals surface area contributed by atoms with Crippen molar-refractivity contribution in [3.8, 4) is 6.07 Å². The molecule has 0 spiro atoms. The number of nitrogens with zero attached hydrogens (tertiary/aromatic N) is 3. The summed E-state index contributed by atoms with van der Waals surface area (Å²) < 4.78 is 0. The van der Waals surface area contributed by atoms with Crippen LogP contribution in [0.5, 0.6) is 0 Å². The largest absolute Gasteiger partial charge is 0.481 e. The smallest absolute Gasteiger partial charge is 0.311 e. The number of piperidine rings is 1. The SMILES string of the molecule is CCCC1(C(=O)O)CCCN(c2nc(C)ccc2C#N)C1. The van der Waals surface area contributed by atoms with E-state index in [1.807, 2.05) is 24.8 Å². The van der Waals surface area contributed by atoms with Crippen molar-refractivity contribution >= 4 is 11.8 Å². The molecule has 2 heterocycles. The van der Waals surface area contributed by atoms with Gasteiger partial charge in [0.2, 0.25) is 0 Å². The van der Waals surface area contributed by atoms with Crippen LogP contribution in [0.3, 0.4) is 0 Å². The van der Waals surface area contributed by atoms with E-state index >= 15 is 0 Å². The summed E-state index contributed by atoms with van der Waals surface area (Å²) >= 11 is 0. The van der Waals surface area contributed by atoms with Crippen LogP contribution in [0.2, 0.25) is 0 Å². The molecule has 1 atom stereocenters. The zero-order valence-electron chi connectivity index (χ0n) is 12.6. The number of carboxylic acids is 1. The quantitative estimate of drug-likeness (QED) is 0.921. The van der Waals surface area contributed by atoms with Crippen LogP contribution in [0.15, 0.2) is 12.1 Å². The van der Waals surface area contributed by atoms with Crippen LogP contribution < -0.4 is 4.90 Å². The van der Waals surface area contributed by atoms with Gasteiger partial charge in [-0.15, -0.1) is 0 Å². The zero-order valence-corrected chi connectivity index (χ0v) is 12.6. The van der Waals surface area contributed by atoms with Gasteiger partial charge in [-0.2, -0.15) is 5.26 Å². The molecule has 1 N–H and O–H groups in total. The van der Waals surface area contributed by atoms with E-state index in [1.54, 1.807) is 6.07 Å². The number of hydrogen-bond donors (Lipinski definition) is 1. The molecule has 5 heteroatoms. The number of anilines is 1. The van der Waals surface area contributed by atoms with E-state index in [2.05, 4.69) is 11.1 Å². The van der Waals surface area contributed by atoms with Gasteiger partial charge in [0.15, 0.2) is 0 Å². The Kier molecular flexibility index (Phi) is 4.46. The summed E-state index contributed by atoms with van der Waals surface area (Å²) in [7, 11) is 0. The number of aryl methyl sites for hydroxylation is 1. The zero-order chi connectivity index (χ0) is 15.5. The van der Waals surface area contributed by atoms with Crippen LogP contribution in [-0.4, -0.2) is 29.1 Å². The third kappa shape index (κ3) is 2.99. The highest BCUT2D eigenvalue weighted by molar-refractivity contribution is 5.76. The van der Waals surface area contributed by atoms with Crippen molar-refractivity contribution in [2.45, 2.75) is 39.5 Å². The molecule has 0 saturated carbocycles. The standard InChI is InChI=1S/C16H21N3O2/c1-3-7-16(15(20)21)8-4-9-19(11-16)14-13(10-17)6-5-12(2)18-14/h5-6H,3-4,7-9,11H2,1-2H3,(H,20,21). The first-order chi connectivity index (χ1) is 10.0. The van der Waals surface area contributed by atoms with Crippen LogP contribution in [-0.2, 0) is 4.79 Å². The maximum atomic E-state index is 11.8. The van der Waals surface area contributed by atoms with Crippen LogP contribution >= 0.6 is 0 Å². The second kappa shape index (κ2) is 6.13. The van der Waals surface area contributed by atoms with Crippen LogP contribution in [0, 0.1) is 23.7 Å². The van der Waals surface area contributed by atoms with Gasteiger partial charge >= 0.3 is 5.97 Å². The van der Waals surface area contributed by atoms with E-state index < -0.39 is 11.4 Å². The number of aliphatic carboxylic acids is 1. The molecule has 0 radical (unpaired) electrons. The Morgan fingerprint density at radius 2 is 2.33 bits per heavy atom. The average molecular weight is 287 g/mol. The maximum absolute atomic E-state index is 11.8. The van der Waals surface area contributed by atoms with Crippen molar-refractivity contribution < 1.29 is 9.90 Å². The van der Waals surface area contributed by atoms with Gasteiger partial charge in [-0.3, -0.25) is 4.79 Å². The molecule has 1 saturated heterocycles. The van der Waals surface area contributed by atoms with Crippen molar-refractivity contribution in [3.63, 3.8) is 0 Å². The first kappa shape index (κ1) is 15.3. The van der Waals surface area contributed by atoms with Gasteiger partial charge in [-0.25, -0.2) is 4.98 Å². The van der Waals surface area contributed by atoms with Gasteiger partial charge in [-0.05, 0) is 38.3 Å². The van der Waals surface area contributed by atoms with Gasteiger partial charge in [0.1, 0.15) is 11.9 Å². The van der Waals surface area contributed by atoms with Gasteiger partial charge < -0.3 is 10.0 Å². The molecule has 1 unspecified atom stereocenters. The van der Waals surface area contributed by atoms with E-state index in [4.69, 9.17) is 0 Å².